The van der Waals surface area contributed by atoms with Crippen LogP contribution in [0.5, 0.6) is 11.5 Å². The van der Waals surface area contributed by atoms with Crippen molar-refractivity contribution in [1.29, 1.82) is 0 Å². The third kappa shape index (κ3) is 4.48. The number of hydrogen-bond donors (Lipinski definition) is 2. The second-order valence-electron chi connectivity index (χ2n) is 6.07. The maximum Gasteiger partial charge on any atom is 0.162 e. The van der Waals surface area contributed by atoms with Gasteiger partial charge < -0.3 is 19.8 Å². The number of ether oxygens (including phenoxy) is 2. The Morgan fingerprint density at radius 1 is 1.19 bits per heavy atom. The molecule has 3 rings (SSSR count). The van der Waals surface area contributed by atoms with Gasteiger partial charge in [0.1, 0.15) is 5.82 Å². The molecule has 6 heteroatoms. The van der Waals surface area contributed by atoms with Gasteiger partial charge in [0.05, 0.1) is 24.8 Å². The van der Waals surface area contributed by atoms with Crippen molar-refractivity contribution >= 4 is 22.6 Å². The minimum absolute atomic E-state index is 0.641. The molecule has 0 radical (unpaired) electrons. The smallest absolute Gasteiger partial charge is 0.162 e. The maximum absolute atomic E-state index is 6.39. The van der Waals surface area contributed by atoms with E-state index < -0.39 is 0 Å². The first-order valence-electron chi connectivity index (χ1n) is 8.84. The van der Waals surface area contributed by atoms with Gasteiger partial charge in [-0.05, 0) is 30.2 Å². The lowest BCUT2D eigenvalue weighted by atomic mass is 10.2. The van der Waals surface area contributed by atoms with Crippen LogP contribution in [0, 0.1) is 0 Å². The molecule has 1 heterocycles. The highest BCUT2D eigenvalue weighted by Gasteiger charge is 2.10. The van der Waals surface area contributed by atoms with Gasteiger partial charge in [-0.15, -0.1) is 0 Å². The number of aromatic amines is 1. The lowest BCUT2D eigenvalue weighted by molar-refractivity contribution is 0.294. The number of halogens is 1. The number of fused-ring (bicyclic) bond motifs is 1. The van der Waals surface area contributed by atoms with Gasteiger partial charge in [0, 0.05) is 30.6 Å². The van der Waals surface area contributed by atoms with Crippen molar-refractivity contribution in [3.05, 3.63) is 52.8 Å². The average molecular weight is 374 g/mol. The molecule has 2 aromatic carbocycles. The SMILES string of the molecule is CCCOc1cc(Cl)c(CNCCc2nc3ccccc3[nH]2)cc1OC. The second-order valence-corrected chi connectivity index (χ2v) is 6.48. The Bertz CT molecular complexity index is 830. The number of imidazole rings is 1. The summed E-state index contributed by atoms with van der Waals surface area (Å²) in [4.78, 5) is 7.92. The van der Waals surface area contributed by atoms with Gasteiger partial charge in [0.25, 0.3) is 0 Å². The highest BCUT2D eigenvalue weighted by Crippen LogP contribution is 2.33. The minimum atomic E-state index is 0.641. The van der Waals surface area contributed by atoms with Crippen LogP contribution in [0.2, 0.25) is 5.02 Å². The zero-order chi connectivity index (χ0) is 18.4. The molecule has 0 aliphatic heterocycles. The van der Waals surface area contributed by atoms with Crippen molar-refractivity contribution in [1.82, 2.24) is 15.3 Å². The molecule has 0 bridgehead atoms. The molecule has 0 amide bonds. The molecule has 5 nitrogen and oxygen atoms in total. The number of aromatic nitrogens is 2. The van der Waals surface area contributed by atoms with Crippen LogP contribution in [-0.2, 0) is 13.0 Å². The van der Waals surface area contributed by atoms with Crippen LogP contribution >= 0.6 is 11.6 Å². The van der Waals surface area contributed by atoms with Gasteiger partial charge >= 0.3 is 0 Å². The molecule has 0 fully saturated rings. The number of nitrogens with zero attached hydrogens (tertiary/aromatic N) is 1. The Hall–Kier alpha value is -2.24. The summed E-state index contributed by atoms with van der Waals surface area (Å²) in [6.07, 6.45) is 1.76. The Morgan fingerprint density at radius 3 is 2.81 bits per heavy atom. The van der Waals surface area contributed by atoms with Gasteiger partial charge in [-0.2, -0.15) is 0 Å². The van der Waals surface area contributed by atoms with E-state index in [-0.39, 0.29) is 0 Å². The van der Waals surface area contributed by atoms with Crippen LogP contribution in [0.3, 0.4) is 0 Å². The molecule has 26 heavy (non-hydrogen) atoms. The molecule has 0 aliphatic rings. The molecular weight excluding hydrogens is 350 g/mol. The molecule has 0 saturated heterocycles. The molecule has 3 aromatic rings. The fourth-order valence-electron chi connectivity index (χ4n) is 2.75. The zero-order valence-electron chi connectivity index (χ0n) is 15.1. The Balaban J connectivity index is 1.57. The molecule has 2 N–H and O–H groups in total. The van der Waals surface area contributed by atoms with Crippen LogP contribution in [0.25, 0.3) is 11.0 Å². The highest BCUT2D eigenvalue weighted by atomic mass is 35.5. The van der Waals surface area contributed by atoms with E-state index >= 15 is 0 Å². The predicted molar refractivity (Wildman–Crippen MR) is 105 cm³/mol. The molecule has 138 valence electrons. The summed E-state index contributed by atoms with van der Waals surface area (Å²) >= 11 is 6.39. The van der Waals surface area contributed by atoms with E-state index in [1.165, 1.54) is 0 Å². The third-order valence-electron chi connectivity index (χ3n) is 4.09. The monoisotopic (exact) mass is 373 g/mol. The summed E-state index contributed by atoms with van der Waals surface area (Å²) in [6, 6.07) is 11.8. The van der Waals surface area contributed by atoms with Gasteiger partial charge in [-0.1, -0.05) is 30.7 Å². The number of benzene rings is 2. The number of para-hydroxylation sites is 2. The van der Waals surface area contributed by atoms with Gasteiger partial charge in [0.2, 0.25) is 0 Å². The van der Waals surface area contributed by atoms with E-state index in [0.29, 0.717) is 29.7 Å². The zero-order valence-corrected chi connectivity index (χ0v) is 15.9. The number of hydrogen-bond acceptors (Lipinski definition) is 4. The molecular formula is C20H24ClN3O2. The quantitative estimate of drug-likeness (QED) is 0.547. The van der Waals surface area contributed by atoms with Crippen LogP contribution < -0.4 is 14.8 Å². The van der Waals surface area contributed by atoms with E-state index in [1.807, 2.05) is 36.4 Å². The van der Waals surface area contributed by atoms with E-state index in [0.717, 1.165) is 41.8 Å². The Labute approximate surface area is 158 Å². The van der Waals surface area contributed by atoms with Crippen molar-refractivity contribution in [3.8, 4) is 11.5 Å². The van der Waals surface area contributed by atoms with Crippen molar-refractivity contribution in [2.75, 3.05) is 20.3 Å². The predicted octanol–water partition coefficient (Wildman–Crippen LogP) is 4.35. The largest absolute Gasteiger partial charge is 0.493 e. The average Bonchev–Trinajstić information content (AvgIpc) is 3.07. The number of methoxy groups -OCH3 is 1. The van der Waals surface area contributed by atoms with E-state index in [1.54, 1.807) is 7.11 Å². The van der Waals surface area contributed by atoms with Crippen LogP contribution in [0.4, 0.5) is 0 Å². The van der Waals surface area contributed by atoms with Crippen molar-refractivity contribution < 1.29 is 9.47 Å². The Morgan fingerprint density at radius 2 is 2.04 bits per heavy atom. The molecule has 1 aromatic heterocycles. The summed E-state index contributed by atoms with van der Waals surface area (Å²) in [5, 5.41) is 4.08. The molecule has 0 saturated carbocycles. The van der Waals surface area contributed by atoms with Gasteiger partial charge in [0.15, 0.2) is 11.5 Å². The van der Waals surface area contributed by atoms with Gasteiger partial charge in [-0.25, -0.2) is 4.98 Å². The van der Waals surface area contributed by atoms with Gasteiger partial charge in [-0.3, -0.25) is 0 Å². The maximum atomic E-state index is 6.39. The number of rotatable bonds is 9. The number of nitrogens with one attached hydrogen (secondary N) is 2. The second kappa shape index (κ2) is 8.92. The first kappa shape index (κ1) is 18.5. The van der Waals surface area contributed by atoms with Crippen LogP contribution in [0.1, 0.15) is 24.7 Å². The van der Waals surface area contributed by atoms with E-state index in [9.17, 15) is 0 Å². The lowest BCUT2D eigenvalue weighted by Crippen LogP contribution is -2.17. The van der Waals surface area contributed by atoms with Crippen LogP contribution in [0.15, 0.2) is 36.4 Å². The summed E-state index contributed by atoms with van der Waals surface area (Å²) in [5.41, 5.74) is 3.05. The summed E-state index contributed by atoms with van der Waals surface area (Å²) in [7, 11) is 1.64. The molecule has 0 spiro atoms. The fourth-order valence-corrected chi connectivity index (χ4v) is 2.97. The summed E-state index contributed by atoms with van der Waals surface area (Å²) < 4.78 is 11.1. The first-order valence-corrected chi connectivity index (χ1v) is 9.22. The molecule has 0 aliphatic carbocycles. The fraction of sp³-hybridized carbons (Fsp3) is 0.350. The topological polar surface area (TPSA) is 59.2 Å². The lowest BCUT2D eigenvalue weighted by Gasteiger charge is -2.14. The normalized spacial score (nSPS) is 11.0. The third-order valence-corrected chi connectivity index (χ3v) is 4.44. The highest BCUT2D eigenvalue weighted by molar-refractivity contribution is 6.31. The van der Waals surface area contributed by atoms with E-state index in [4.69, 9.17) is 21.1 Å². The van der Waals surface area contributed by atoms with Crippen LogP contribution in [-0.4, -0.2) is 30.2 Å². The number of H-pyrrole nitrogens is 1. The van der Waals surface area contributed by atoms with E-state index in [2.05, 4.69) is 22.2 Å². The standard InChI is InChI=1S/C20H24ClN3O2/c1-3-10-26-19-12-15(21)14(11-18(19)25-2)13-22-9-8-20-23-16-6-4-5-7-17(16)24-20/h4-7,11-12,22H,3,8-10,13H2,1-2H3,(H,23,24). The Kier molecular flexibility index (Phi) is 6.36. The van der Waals surface area contributed by atoms with Crippen molar-refractivity contribution in [2.24, 2.45) is 0 Å². The molecule has 0 unspecified atom stereocenters. The molecule has 0 atom stereocenters. The summed E-state index contributed by atoms with van der Waals surface area (Å²) in [5.74, 6) is 2.37. The minimum Gasteiger partial charge on any atom is -0.493 e. The first-order chi connectivity index (χ1) is 12.7. The summed E-state index contributed by atoms with van der Waals surface area (Å²) in [6.45, 7) is 4.16. The van der Waals surface area contributed by atoms with Crippen molar-refractivity contribution in [2.45, 2.75) is 26.3 Å². The van der Waals surface area contributed by atoms with Crippen molar-refractivity contribution in [3.63, 3.8) is 0 Å².